The number of carbonyl (C=O) groups excluding carboxylic acids is 1. The van der Waals surface area contributed by atoms with Crippen LogP contribution in [0, 0.1) is 11.8 Å². The van der Waals surface area contributed by atoms with E-state index in [-0.39, 0.29) is 29.2 Å². The van der Waals surface area contributed by atoms with Crippen LogP contribution < -0.4 is 10.6 Å². The molecule has 1 amide bonds. The first-order chi connectivity index (χ1) is 15.9. The van der Waals surface area contributed by atoms with Crippen LogP contribution in [0.4, 0.5) is 0 Å². The predicted octanol–water partition coefficient (Wildman–Crippen LogP) is 4.90. The third kappa shape index (κ3) is 8.22. The summed E-state index contributed by atoms with van der Waals surface area (Å²) in [6.07, 6.45) is 16.0. The lowest BCUT2D eigenvalue weighted by Crippen LogP contribution is -2.37. The second-order valence-electron chi connectivity index (χ2n) is 7.86. The molecule has 2 rings (SSSR count). The number of hydrogen-bond acceptors (Lipinski definition) is 4. The van der Waals surface area contributed by atoms with Crippen molar-refractivity contribution in [1.82, 2.24) is 10.6 Å². The highest BCUT2D eigenvalue weighted by Crippen LogP contribution is 2.28. The molecule has 4 unspecified atom stereocenters. The molecule has 0 heterocycles. The minimum atomic E-state index is -0.272. The molecule has 0 aliphatic heterocycles. The van der Waals surface area contributed by atoms with E-state index in [1.807, 2.05) is 37.3 Å². The zero-order valence-electron chi connectivity index (χ0n) is 19.4. The molecule has 2 aliphatic rings. The first-order valence-electron chi connectivity index (χ1n) is 11.0. The Kier molecular flexibility index (Phi) is 10.9. The van der Waals surface area contributed by atoms with E-state index in [1.54, 1.807) is 7.11 Å². The van der Waals surface area contributed by atoms with Gasteiger partial charge in [0.25, 0.3) is 0 Å². The van der Waals surface area contributed by atoms with E-state index in [0.717, 1.165) is 23.6 Å². The average Bonchev–Trinajstić information content (AvgIpc) is 2.79. The highest BCUT2D eigenvalue weighted by molar-refractivity contribution is 6.22. The quantitative estimate of drug-likeness (QED) is 0.139. The first-order valence-corrected chi connectivity index (χ1v) is 11.4. The number of nitrogens with one attached hydrogen (secondary N) is 2. The van der Waals surface area contributed by atoms with Crippen LogP contribution in [0.15, 0.2) is 90.6 Å². The summed E-state index contributed by atoms with van der Waals surface area (Å²) < 4.78 is 11.5. The van der Waals surface area contributed by atoms with Gasteiger partial charge < -0.3 is 20.1 Å². The van der Waals surface area contributed by atoms with Gasteiger partial charge in [-0.25, -0.2) is 4.99 Å². The van der Waals surface area contributed by atoms with Gasteiger partial charge in [0.05, 0.1) is 17.7 Å². The number of methoxy groups -OCH3 is 1. The Morgan fingerprint density at radius 1 is 1.30 bits per heavy atom. The van der Waals surface area contributed by atoms with Crippen LogP contribution >= 0.6 is 11.6 Å². The van der Waals surface area contributed by atoms with Crippen LogP contribution in [0.2, 0.25) is 0 Å². The number of carbonyl (C=O) groups is 1. The number of halogens is 1. The molecule has 0 spiro atoms. The Bertz CT molecular complexity index is 885. The molecule has 2 aliphatic carbocycles. The van der Waals surface area contributed by atoms with Crippen molar-refractivity contribution in [2.75, 3.05) is 13.7 Å². The molecule has 2 N–H and O–H groups in total. The fourth-order valence-corrected chi connectivity index (χ4v) is 3.79. The van der Waals surface area contributed by atoms with Crippen LogP contribution in [0.5, 0.6) is 0 Å². The van der Waals surface area contributed by atoms with Crippen molar-refractivity contribution < 1.29 is 14.3 Å². The Labute approximate surface area is 202 Å². The summed E-state index contributed by atoms with van der Waals surface area (Å²) in [6, 6.07) is 0. The standard InChI is InChI=1S/C26H34ClN3O3/c1-6-9-22(33-21-13-11-20(27)12-14-21)16-24(28-8-3)29-23-15-10-19(17-32-5)18(4)26(23)30-25(31)7-2/h6-8,10-11,13-15,18-20,22H,1-3,9,12,16-17H2,4-5H3,(H,28,29)(H,30,31). The van der Waals surface area contributed by atoms with Crippen LogP contribution in [0.1, 0.15) is 26.2 Å². The van der Waals surface area contributed by atoms with Crippen molar-refractivity contribution in [2.45, 2.75) is 37.7 Å². The van der Waals surface area contributed by atoms with E-state index in [9.17, 15) is 4.79 Å². The van der Waals surface area contributed by atoms with Crippen molar-refractivity contribution >= 4 is 23.3 Å². The normalized spacial score (nSPS) is 23.4. The van der Waals surface area contributed by atoms with Crippen molar-refractivity contribution in [1.29, 1.82) is 0 Å². The van der Waals surface area contributed by atoms with E-state index in [0.29, 0.717) is 25.3 Å². The van der Waals surface area contributed by atoms with Gasteiger partial charge in [0.15, 0.2) is 0 Å². The van der Waals surface area contributed by atoms with E-state index in [4.69, 9.17) is 21.1 Å². The molecule has 178 valence electrons. The van der Waals surface area contributed by atoms with Gasteiger partial charge in [0.2, 0.25) is 5.91 Å². The summed E-state index contributed by atoms with van der Waals surface area (Å²) in [7, 11) is 1.67. The van der Waals surface area contributed by atoms with Crippen LogP contribution in [-0.2, 0) is 14.3 Å². The van der Waals surface area contributed by atoms with Gasteiger partial charge >= 0.3 is 0 Å². The SMILES string of the molecule is C=CCC(CC(=NC=C)NC1=C(NC(=O)C=C)C(C)C(COC)C=C1)OC1=CCC(Cl)C=C1. The van der Waals surface area contributed by atoms with E-state index in [1.165, 1.54) is 12.3 Å². The lowest BCUT2D eigenvalue weighted by molar-refractivity contribution is -0.116. The Morgan fingerprint density at radius 2 is 2.09 bits per heavy atom. The summed E-state index contributed by atoms with van der Waals surface area (Å²) in [5.74, 6) is 1.32. The number of amidine groups is 1. The number of amides is 1. The number of ether oxygens (including phenoxy) is 2. The molecule has 0 saturated carbocycles. The third-order valence-corrected chi connectivity index (χ3v) is 5.72. The van der Waals surface area contributed by atoms with Gasteiger partial charge in [-0.05, 0) is 30.7 Å². The molecule has 33 heavy (non-hydrogen) atoms. The monoisotopic (exact) mass is 471 g/mol. The molecule has 0 aromatic rings. The fourth-order valence-electron chi connectivity index (χ4n) is 3.63. The highest BCUT2D eigenvalue weighted by atomic mass is 35.5. The summed E-state index contributed by atoms with van der Waals surface area (Å²) in [5, 5.41) is 6.31. The molecule has 7 heteroatoms. The number of allylic oxidation sites excluding steroid dienone is 5. The highest BCUT2D eigenvalue weighted by Gasteiger charge is 2.27. The number of rotatable bonds is 12. The van der Waals surface area contributed by atoms with Crippen LogP contribution in [0.3, 0.4) is 0 Å². The Morgan fingerprint density at radius 3 is 2.70 bits per heavy atom. The largest absolute Gasteiger partial charge is 0.490 e. The maximum atomic E-state index is 12.1. The summed E-state index contributed by atoms with van der Waals surface area (Å²) in [5.41, 5.74) is 1.51. The molecule has 6 nitrogen and oxygen atoms in total. The van der Waals surface area contributed by atoms with Gasteiger partial charge in [0, 0.05) is 43.7 Å². The first kappa shape index (κ1) is 26.4. The second-order valence-corrected chi connectivity index (χ2v) is 8.42. The molecule has 0 aromatic heterocycles. The molecular formula is C26H34ClN3O3. The molecule has 0 fully saturated rings. The Balaban J connectivity index is 2.24. The summed E-state index contributed by atoms with van der Waals surface area (Å²) >= 11 is 6.12. The topological polar surface area (TPSA) is 72.0 Å². The minimum absolute atomic E-state index is 0.00657. The summed E-state index contributed by atoms with van der Waals surface area (Å²) in [6.45, 7) is 13.8. The van der Waals surface area contributed by atoms with Gasteiger partial charge in [-0.2, -0.15) is 0 Å². The molecule has 0 aromatic carbocycles. The minimum Gasteiger partial charge on any atom is -0.490 e. The van der Waals surface area contributed by atoms with Gasteiger partial charge in [-0.3, -0.25) is 4.79 Å². The van der Waals surface area contributed by atoms with Crippen LogP contribution in [-0.4, -0.2) is 36.9 Å². The maximum absolute atomic E-state index is 12.1. The van der Waals surface area contributed by atoms with E-state index < -0.39 is 0 Å². The smallest absolute Gasteiger partial charge is 0.247 e. The number of hydrogen-bond donors (Lipinski definition) is 2. The molecule has 0 radical (unpaired) electrons. The molecule has 0 bridgehead atoms. The van der Waals surface area contributed by atoms with Gasteiger partial charge in [-0.15, -0.1) is 18.2 Å². The number of alkyl halides is 1. The zero-order chi connectivity index (χ0) is 24.2. The predicted molar refractivity (Wildman–Crippen MR) is 136 cm³/mol. The lowest BCUT2D eigenvalue weighted by Gasteiger charge is -2.30. The molecule has 4 atom stereocenters. The van der Waals surface area contributed by atoms with Crippen LogP contribution in [0.25, 0.3) is 0 Å². The average molecular weight is 472 g/mol. The fraction of sp³-hybridized carbons (Fsp3) is 0.385. The van der Waals surface area contributed by atoms with Crippen molar-refractivity contribution in [3.63, 3.8) is 0 Å². The van der Waals surface area contributed by atoms with Crippen molar-refractivity contribution in [3.8, 4) is 0 Å². The number of aliphatic imine (C=N–C) groups is 1. The Hall–Kier alpha value is -2.83. The van der Waals surface area contributed by atoms with Crippen molar-refractivity contribution in [2.24, 2.45) is 16.8 Å². The maximum Gasteiger partial charge on any atom is 0.247 e. The van der Waals surface area contributed by atoms with E-state index in [2.05, 4.69) is 41.4 Å². The van der Waals surface area contributed by atoms with Crippen molar-refractivity contribution in [3.05, 3.63) is 85.6 Å². The van der Waals surface area contributed by atoms with Gasteiger partial charge in [0.1, 0.15) is 17.7 Å². The second kappa shape index (κ2) is 13.7. The zero-order valence-corrected chi connectivity index (χ0v) is 20.2. The van der Waals surface area contributed by atoms with E-state index >= 15 is 0 Å². The summed E-state index contributed by atoms with van der Waals surface area (Å²) in [4.78, 5) is 16.5. The van der Waals surface area contributed by atoms with Gasteiger partial charge in [-0.1, -0.05) is 38.3 Å². The third-order valence-electron chi connectivity index (χ3n) is 5.39. The molecule has 0 saturated heterocycles. The lowest BCUT2D eigenvalue weighted by atomic mass is 9.86. The number of nitrogens with zero attached hydrogens (tertiary/aromatic N) is 1. The molecular weight excluding hydrogens is 438 g/mol.